The van der Waals surface area contributed by atoms with Gasteiger partial charge >= 0.3 is 0 Å². The minimum atomic E-state index is 0.726. The average molecular weight is 326 g/mol. The topological polar surface area (TPSA) is 57.2 Å². The molecule has 0 aromatic carbocycles. The molecule has 1 aliphatic heterocycles. The van der Waals surface area contributed by atoms with Crippen molar-refractivity contribution in [3.63, 3.8) is 0 Å². The summed E-state index contributed by atoms with van der Waals surface area (Å²) in [5.74, 6) is 1.92. The maximum Gasteiger partial charge on any atom is 0.148 e. The molecule has 0 aliphatic carbocycles. The Morgan fingerprint density at radius 2 is 1.92 bits per heavy atom. The number of rotatable bonds is 5. The first-order valence-corrected chi connectivity index (χ1v) is 8.62. The van der Waals surface area contributed by atoms with Crippen molar-refractivity contribution >= 4 is 11.6 Å². The molecule has 1 saturated heterocycles. The molecule has 1 N–H and O–H groups in total. The Bertz CT molecular complexity index is 679. The van der Waals surface area contributed by atoms with E-state index in [1.54, 1.807) is 6.20 Å². The zero-order chi connectivity index (χ0) is 16.9. The molecule has 2 aromatic rings. The zero-order valence-corrected chi connectivity index (χ0v) is 14.8. The highest BCUT2D eigenvalue weighted by atomic mass is 15.3. The van der Waals surface area contributed by atoms with Crippen LogP contribution in [0.15, 0.2) is 24.5 Å². The summed E-state index contributed by atoms with van der Waals surface area (Å²) < 4.78 is 0. The third kappa shape index (κ3) is 4.00. The predicted molar refractivity (Wildman–Crippen MR) is 97.4 cm³/mol. The van der Waals surface area contributed by atoms with Gasteiger partial charge in [0.05, 0.1) is 11.4 Å². The van der Waals surface area contributed by atoms with Crippen LogP contribution in [0.5, 0.6) is 0 Å². The summed E-state index contributed by atoms with van der Waals surface area (Å²) in [6, 6.07) is 4.23. The molecule has 2 aromatic heterocycles. The zero-order valence-electron chi connectivity index (χ0n) is 14.8. The van der Waals surface area contributed by atoms with Crippen molar-refractivity contribution in [1.29, 1.82) is 0 Å². The molecule has 0 saturated carbocycles. The van der Waals surface area contributed by atoms with Crippen LogP contribution < -0.4 is 10.2 Å². The van der Waals surface area contributed by atoms with Gasteiger partial charge in [-0.2, -0.15) is 0 Å². The molecular weight excluding hydrogens is 300 g/mol. The predicted octanol–water partition coefficient (Wildman–Crippen LogP) is 2.24. The minimum Gasteiger partial charge on any atom is -0.364 e. The van der Waals surface area contributed by atoms with Gasteiger partial charge in [0.25, 0.3) is 0 Å². The van der Waals surface area contributed by atoms with E-state index in [9.17, 15) is 0 Å². The van der Waals surface area contributed by atoms with Gasteiger partial charge in [0.15, 0.2) is 0 Å². The summed E-state index contributed by atoms with van der Waals surface area (Å²) in [7, 11) is 0. The minimum absolute atomic E-state index is 0.726. The lowest BCUT2D eigenvalue weighted by Crippen LogP contribution is -2.46. The lowest BCUT2D eigenvalue weighted by atomic mass is 10.2. The lowest BCUT2D eigenvalue weighted by Gasteiger charge is -2.34. The van der Waals surface area contributed by atoms with Crippen LogP contribution in [0.4, 0.5) is 11.6 Å². The second-order valence-electron chi connectivity index (χ2n) is 6.24. The molecule has 6 heteroatoms. The van der Waals surface area contributed by atoms with Crippen LogP contribution in [0.3, 0.4) is 0 Å². The second-order valence-corrected chi connectivity index (χ2v) is 6.24. The molecule has 1 aliphatic rings. The van der Waals surface area contributed by atoms with E-state index >= 15 is 0 Å². The van der Waals surface area contributed by atoms with Gasteiger partial charge in [-0.25, -0.2) is 9.97 Å². The van der Waals surface area contributed by atoms with Crippen LogP contribution in [-0.4, -0.2) is 52.6 Å². The number of likely N-dealkylation sites (N-methyl/N-ethyl adjacent to an activating group) is 1. The fourth-order valence-corrected chi connectivity index (χ4v) is 2.93. The van der Waals surface area contributed by atoms with Crippen LogP contribution in [-0.2, 0) is 6.54 Å². The molecule has 0 spiro atoms. The maximum absolute atomic E-state index is 4.55. The van der Waals surface area contributed by atoms with E-state index in [2.05, 4.69) is 49.1 Å². The molecule has 3 heterocycles. The molecule has 0 unspecified atom stereocenters. The fraction of sp³-hybridized carbons (Fsp3) is 0.500. The van der Waals surface area contributed by atoms with E-state index in [4.69, 9.17) is 0 Å². The van der Waals surface area contributed by atoms with Crippen LogP contribution >= 0.6 is 0 Å². The highest BCUT2D eigenvalue weighted by molar-refractivity contribution is 5.44. The van der Waals surface area contributed by atoms with Gasteiger partial charge in [-0.1, -0.05) is 6.92 Å². The Labute approximate surface area is 143 Å². The smallest absolute Gasteiger partial charge is 0.148 e. The highest BCUT2D eigenvalue weighted by Crippen LogP contribution is 2.17. The highest BCUT2D eigenvalue weighted by Gasteiger charge is 2.16. The number of aromatic nitrogens is 3. The quantitative estimate of drug-likeness (QED) is 0.909. The first-order chi connectivity index (χ1) is 11.7. The first-order valence-electron chi connectivity index (χ1n) is 8.62. The summed E-state index contributed by atoms with van der Waals surface area (Å²) in [5.41, 5.74) is 3.05. The van der Waals surface area contributed by atoms with Crippen molar-refractivity contribution in [3.8, 4) is 0 Å². The second kappa shape index (κ2) is 7.57. The number of nitrogens with one attached hydrogen (secondary N) is 1. The molecular formula is C18H26N6. The Balaban J connectivity index is 1.64. The van der Waals surface area contributed by atoms with E-state index in [-0.39, 0.29) is 0 Å². The molecule has 6 nitrogen and oxygen atoms in total. The van der Waals surface area contributed by atoms with Crippen LogP contribution in [0, 0.1) is 13.8 Å². The first kappa shape index (κ1) is 16.6. The summed E-state index contributed by atoms with van der Waals surface area (Å²) in [6.45, 7) is 12.3. The Kier molecular flexibility index (Phi) is 5.25. The van der Waals surface area contributed by atoms with Crippen LogP contribution in [0.1, 0.15) is 23.9 Å². The summed E-state index contributed by atoms with van der Waals surface area (Å²) in [6.07, 6.45) is 3.69. The number of aryl methyl sites for hydroxylation is 2. The van der Waals surface area contributed by atoms with Crippen molar-refractivity contribution in [2.45, 2.75) is 27.3 Å². The molecule has 0 amide bonds. The molecule has 3 rings (SSSR count). The number of nitrogens with zero attached hydrogens (tertiary/aromatic N) is 5. The summed E-state index contributed by atoms with van der Waals surface area (Å²) in [4.78, 5) is 18.3. The standard InChI is InChI=1S/C18H26N6/c1-4-23-7-9-24(10-8-23)17-11-16(5-6-19-17)13-21-18-15(3)20-12-14(2)22-18/h5-6,11-12H,4,7-10,13H2,1-3H3,(H,21,22). The van der Waals surface area contributed by atoms with Crippen molar-refractivity contribution in [3.05, 3.63) is 41.5 Å². The van der Waals surface area contributed by atoms with Crippen molar-refractivity contribution in [2.24, 2.45) is 0 Å². The van der Waals surface area contributed by atoms with E-state index in [1.165, 1.54) is 5.56 Å². The van der Waals surface area contributed by atoms with Crippen molar-refractivity contribution in [1.82, 2.24) is 19.9 Å². The largest absolute Gasteiger partial charge is 0.364 e. The Morgan fingerprint density at radius 1 is 1.12 bits per heavy atom. The van der Waals surface area contributed by atoms with E-state index in [0.717, 1.165) is 62.3 Å². The van der Waals surface area contributed by atoms with E-state index in [1.807, 2.05) is 20.0 Å². The van der Waals surface area contributed by atoms with Gasteiger partial charge in [0.2, 0.25) is 0 Å². The van der Waals surface area contributed by atoms with Gasteiger partial charge < -0.3 is 15.1 Å². The maximum atomic E-state index is 4.55. The normalized spacial score (nSPS) is 15.5. The third-order valence-corrected chi connectivity index (χ3v) is 4.49. The molecule has 24 heavy (non-hydrogen) atoms. The van der Waals surface area contributed by atoms with Gasteiger partial charge in [-0.05, 0) is 38.1 Å². The average Bonchev–Trinajstić information content (AvgIpc) is 2.63. The number of hydrogen-bond donors (Lipinski definition) is 1. The Hall–Kier alpha value is -2.21. The summed E-state index contributed by atoms with van der Waals surface area (Å²) in [5, 5.41) is 3.39. The number of anilines is 2. The Morgan fingerprint density at radius 3 is 2.67 bits per heavy atom. The fourth-order valence-electron chi connectivity index (χ4n) is 2.93. The number of hydrogen-bond acceptors (Lipinski definition) is 6. The third-order valence-electron chi connectivity index (χ3n) is 4.49. The van der Waals surface area contributed by atoms with Gasteiger partial charge in [-0.15, -0.1) is 0 Å². The van der Waals surface area contributed by atoms with Gasteiger partial charge in [0.1, 0.15) is 11.6 Å². The lowest BCUT2D eigenvalue weighted by molar-refractivity contribution is 0.270. The van der Waals surface area contributed by atoms with E-state index < -0.39 is 0 Å². The molecule has 0 radical (unpaired) electrons. The van der Waals surface area contributed by atoms with Crippen molar-refractivity contribution in [2.75, 3.05) is 42.9 Å². The van der Waals surface area contributed by atoms with Gasteiger partial charge in [-0.3, -0.25) is 4.98 Å². The molecule has 0 atom stereocenters. The SMILES string of the molecule is CCN1CCN(c2cc(CNc3nc(C)cnc3C)ccn2)CC1. The monoisotopic (exact) mass is 326 g/mol. The summed E-state index contributed by atoms with van der Waals surface area (Å²) >= 11 is 0. The molecule has 0 bridgehead atoms. The number of pyridine rings is 1. The van der Waals surface area contributed by atoms with Crippen molar-refractivity contribution < 1.29 is 0 Å². The van der Waals surface area contributed by atoms with Crippen LogP contribution in [0.2, 0.25) is 0 Å². The van der Waals surface area contributed by atoms with E-state index in [0.29, 0.717) is 0 Å². The van der Waals surface area contributed by atoms with Crippen LogP contribution in [0.25, 0.3) is 0 Å². The van der Waals surface area contributed by atoms with Gasteiger partial charge in [0, 0.05) is 45.1 Å². The molecule has 128 valence electrons. The number of piperazine rings is 1. The molecule has 1 fully saturated rings.